The van der Waals surface area contributed by atoms with Gasteiger partial charge >= 0.3 is 35.8 Å². The molecule has 4 heterocycles. The Hall–Kier alpha value is -8.46. The molecule has 2 saturated heterocycles. The number of carbonyl (C=O) groups excluding carboxylic acids is 2. The molecule has 0 atom stereocenters. The van der Waals surface area contributed by atoms with E-state index in [1.807, 2.05) is 24.3 Å². The van der Waals surface area contributed by atoms with Crippen LogP contribution in [0.3, 0.4) is 0 Å². The monoisotopic (exact) mass is 1010 g/mol. The maximum Gasteiger partial charge on any atom is 0.414 e. The van der Waals surface area contributed by atoms with E-state index in [1.54, 1.807) is 24.3 Å². The van der Waals surface area contributed by atoms with Gasteiger partial charge in [0.15, 0.2) is 24.8 Å². The van der Waals surface area contributed by atoms with Crippen molar-refractivity contribution in [3.63, 3.8) is 0 Å². The Bertz CT molecular complexity index is 2160. The molecule has 0 aliphatic carbocycles. The number of amides is 2. The van der Waals surface area contributed by atoms with Gasteiger partial charge in [0, 0.05) is 64.5 Å². The van der Waals surface area contributed by atoms with Gasteiger partial charge in [0.1, 0.15) is 22.6 Å². The van der Waals surface area contributed by atoms with Gasteiger partial charge < -0.3 is 70.6 Å². The van der Waals surface area contributed by atoms with Crippen LogP contribution in [0.1, 0.15) is 44.7 Å². The first-order valence-corrected chi connectivity index (χ1v) is 21.7. The summed E-state index contributed by atoms with van der Waals surface area (Å²) in [7, 11) is 0. The highest BCUT2D eigenvalue weighted by atomic mass is 16.5. The number of rotatable bonds is 16. The van der Waals surface area contributed by atoms with Crippen molar-refractivity contribution in [2.24, 2.45) is 0 Å². The lowest BCUT2D eigenvalue weighted by atomic mass is 10.2. The SMILES string of the molecule is O=C(NCCCOc1cccc(CN2CCOCC2)c1)c1ccc[n+]([O-])c1.O=C(NCCCOc1cccc(CN2CCOCC2)c1)c1ccc[n+]([O-])c1.O=C(O)C(=O)O.O=C(O)C(=O)O.O=C(O)C(=O)O. The Morgan fingerprint density at radius 1 is 0.514 bits per heavy atom. The molecule has 2 aromatic heterocycles. The number of nitrogens with one attached hydrogen (secondary N) is 2. The second-order valence-electron chi connectivity index (χ2n) is 14.7. The summed E-state index contributed by atoms with van der Waals surface area (Å²) >= 11 is 0. The van der Waals surface area contributed by atoms with Crippen LogP contribution in [0, 0.1) is 10.4 Å². The highest BCUT2D eigenvalue weighted by molar-refractivity contribution is 6.28. The normalized spacial score (nSPS) is 12.8. The summed E-state index contributed by atoms with van der Waals surface area (Å²) in [4.78, 5) is 83.2. The van der Waals surface area contributed by atoms with Crippen molar-refractivity contribution in [1.29, 1.82) is 0 Å². The van der Waals surface area contributed by atoms with Crippen LogP contribution in [-0.2, 0) is 51.3 Å². The van der Waals surface area contributed by atoms with Gasteiger partial charge in [-0.25, -0.2) is 28.8 Å². The van der Waals surface area contributed by atoms with E-state index in [0.717, 1.165) is 77.2 Å². The number of pyridine rings is 2. The van der Waals surface area contributed by atoms with E-state index in [9.17, 15) is 20.0 Å². The lowest BCUT2D eigenvalue weighted by Gasteiger charge is -2.26. The van der Waals surface area contributed by atoms with Crippen LogP contribution in [0.4, 0.5) is 0 Å². The minimum absolute atomic E-state index is 0.257. The maximum atomic E-state index is 11.9. The van der Waals surface area contributed by atoms with Gasteiger partial charge in [-0.2, -0.15) is 9.46 Å². The molecule has 26 nitrogen and oxygen atoms in total. The number of carbonyl (C=O) groups is 8. The Balaban J connectivity index is 0.000000369. The van der Waals surface area contributed by atoms with Crippen LogP contribution in [0.2, 0.25) is 0 Å². The fourth-order valence-electron chi connectivity index (χ4n) is 5.81. The third-order valence-corrected chi connectivity index (χ3v) is 9.19. The molecule has 2 aliphatic rings. The third-order valence-electron chi connectivity index (χ3n) is 9.19. The minimum atomic E-state index is -1.82. The molecule has 2 fully saturated rings. The predicted octanol–water partition coefficient (Wildman–Crippen LogP) is 0.169. The van der Waals surface area contributed by atoms with Gasteiger partial charge in [-0.05, 0) is 60.4 Å². The van der Waals surface area contributed by atoms with E-state index in [-0.39, 0.29) is 11.8 Å². The van der Waals surface area contributed by atoms with Crippen LogP contribution >= 0.6 is 0 Å². The number of aromatic nitrogens is 2. The molecule has 2 amide bonds. The van der Waals surface area contributed by atoms with Crippen LogP contribution in [0.15, 0.2) is 97.6 Å². The highest BCUT2D eigenvalue weighted by Gasteiger charge is 2.14. The Morgan fingerprint density at radius 3 is 1.15 bits per heavy atom. The van der Waals surface area contributed by atoms with Crippen LogP contribution in [0.5, 0.6) is 11.5 Å². The van der Waals surface area contributed by atoms with Gasteiger partial charge in [0.25, 0.3) is 11.8 Å². The summed E-state index contributed by atoms with van der Waals surface area (Å²) in [6.07, 6.45) is 6.57. The molecule has 0 saturated carbocycles. The summed E-state index contributed by atoms with van der Waals surface area (Å²) in [5.74, 6) is -9.79. The summed E-state index contributed by atoms with van der Waals surface area (Å²) in [5.41, 5.74) is 3.14. The van der Waals surface area contributed by atoms with Crippen molar-refractivity contribution in [2.75, 3.05) is 78.9 Å². The second kappa shape index (κ2) is 33.9. The molecule has 2 aliphatic heterocycles. The molecule has 6 rings (SSSR count). The summed E-state index contributed by atoms with van der Waals surface area (Å²) < 4.78 is 23.6. The summed E-state index contributed by atoms with van der Waals surface area (Å²) in [6, 6.07) is 22.5. The van der Waals surface area contributed by atoms with E-state index in [2.05, 4.69) is 44.7 Å². The smallest absolute Gasteiger partial charge is 0.414 e. The van der Waals surface area contributed by atoms with Crippen molar-refractivity contribution in [3.8, 4) is 11.5 Å². The van der Waals surface area contributed by atoms with E-state index in [4.69, 9.17) is 78.4 Å². The zero-order chi connectivity index (χ0) is 53.3. The van der Waals surface area contributed by atoms with Gasteiger partial charge in [0.2, 0.25) is 0 Å². The Kier molecular flexibility index (Phi) is 28.1. The minimum Gasteiger partial charge on any atom is -0.619 e. The van der Waals surface area contributed by atoms with Crippen molar-refractivity contribution < 1.29 is 97.4 Å². The number of carboxylic acid groups (broad SMARTS) is 6. The average Bonchev–Trinajstić information content (AvgIpc) is 3.35. The van der Waals surface area contributed by atoms with Crippen LogP contribution in [0.25, 0.3) is 0 Å². The largest absolute Gasteiger partial charge is 0.619 e. The molecule has 0 bridgehead atoms. The van der Waals surface area contributed by atoms with Gasteiger partial charge in [-0.1, -0.05) is 24.3 Å². The molecule has 0 unspecified atom stereocenters. The van der Waals surface area contributed by atoms with Crippen LogP contribution in [-0.4, -0.2) is 167 Å². The standard InChI is InChI=1S/2C20H25N3O4.3C2H2O4/c2*24-20(18-5-2-8-23(25)16-18)21-7-3-11-27-19-6-1-4-17(14-19)15-22-9-12-26-13-10-22;3*3-1(4)2(5)6/h2*1-2,4-6,8,14,16H,3,7,9-13,15H2,(H,21,24);3*(H,3,4)(H,5,6). The topological polar surface area (TPSA) is 379 Å². The average molecular weight is 1010 g/mol. The molecule has 26 heteroatoms. The molecular weight excluding hydrogens is 957 g/mol. The number of morpholine rings is 2. The molecule has 72 heavy (non-hydrogen) atoms. The summed E-state index contributed by atoms with van der Waals surface area (Å²) in [5, 5.41) is 72.3. The van der Waals surface area contributed by atoms with Crippen molar-refractivity contribution in [1.82, 2.24) is 20.4 Å². The number of ether oxygens (including phenoxy) is 4. The first kappa shape index (κ1) is 59.7. The van der Waals surface area contributed by atoms with Crippen LogP contribution < -0.4 is 29.6 Å². The Morgan fingerprint density at radius 2 is 0.847 bits per heavy atom. The van der Waals surface area contributed by atoms with Crippen molar-refractivity contribution >= 4 is 47.6 Å². The summed E-state index contributed by atoms with van der Waals surface area (Å²) in [6.45, 7) is 10.8. The molecule has 0 spiro atoms. The highest BCUT2D eigenvalue weighted by Crippen LogP contribution is 2.17. The number of nitrogens with zero attached hydrogens (tertiary/aromatic N) is 4. The molecule has 0 radical (unpaired) electrons. The van der Waals surface area contributed by atoms with Crippen molar-refractivity contribution in [3.05, 3.63) is 130 Å². The van der Waals surface area contributed by atoms with Gasteiger partial charge in [0.05, 0.1) is 39.6 Å². The quantitative estimate of drug-likeness (QED) is 0.0321. The van der Waals surface area contributed by atoms with E-state index >= 15 is 0 Å². The first-order valence-electron chi connectivity index (χ1n) is 21.7. The number of hydrogen-bond donors (Lipinski definition) is 8. The van der Waals surface area contributed by atoms with Crippen molar-refractivity contribution in [2.45, 2.75) is 25.9 Å². The third kappa shape index (κ3) is 26.9. The molecule has 4 aromatic rings. The fraction of sp³-hybridized carbons (Fsp3) is 0.348. The second-order valence-corrected chi connectivity index (χ2v) is 14.7. The Labute approximate surface area is 411 Å². The number of benzene rings is 2. The lowest BCUT2D eigenvalue weighted by Crippen LogP contribution is -2.35. The zero-order valence-corrected chi connectivity index (χ0v) is 38.7. The van der Waals surface area contributed by atoms with Gasteiger partial charge in [-0.15, -0.1) is 0 Å². The predicted molar refractivity (Wildman–Crippen MR) is 247 cm³/mol. The molecule has 8 N–H and O–H groups in total. The number of aliphatic carboxylic acids is 6. The fourth-order valence-corrected chi connectivity index (χ4v) is 5.81. The number of carboxylic acids is 6. The van der Waals surface area contributed by atoms with Gasteiger partial charge in [-0.3, -0.25) is 19.4 Å². The molecule has 390 valence electrons. The zero-order valence-electron chi connectivity index (χ0n) is 38.7. The first-order chi connectivity index (χ1) is 34.3. The van der Waals surface area contributed by atoms with E-state index in [1.165, 1.54) is 35.9 Å². The van der Waals surface area contributed by atoms with E-state index in [0.29, 0.717) is 59.7 Å². The molecule has 2 aromatic carbocycles. The lowest BCUT2D eigenvalue weighted by molar-refractivity contribution is -0.605. The maximum absolute atomic E-state index is 11.9. The molecular formula is C46H56N6O20. The number of hydrogen-bond acceptors (Lipinski definition) is 16. The van der Waals surface area contributed by atoms with E-state index < -0.39 is 35.8 Å².